The molecule has 1 aromatic carbocycles. The second-order valence-corrected chi connectivity index (χ2v) is 5.97. The average molecular weight is 348 g/mol. The number of hydrogen-bond acceptors (Lipinski definition) is 5. The van der Waals surface area contributed by atoms with Crippen LogP contribution in [0, 0.1) is 10.1 Å². The van der Waals surface area contributed by atoms with Crippen molar-refractivity contribution in [1.29, 1.82) is 0 Å². The highest BCUT2D eigenvalue weighted by molar-refractivity contribution is 5.87. The maximum absolute atomic E-state index is 12.4. The minimum Gasteiger partial charge on any atom is -0.383 e. The smallest absolute Gasteiger partial charge is 0.269 e. The Hall–Kier alpha value is -2.64. The van der Waals surface area contributed by atoms with Crippen molar-refractivity contribution in [2.45, 2.75) is 38.6 Å². The first-order chi connectivity index (χ1) is 12.0. The molecule has 2 rings (SSSR count). The summed E-state index contributed by atoms with van der Waals surface area (Å²) in [5, 5.41) is 16.6. The molecule has 1 heterocycles. The summed E-state index contributed by atoms with van der Waals surface area (Å²) in [5.74, 6) is -0.101. The van der Waals surface area contributed by atoms with Gasteiger partial charge in [-0.1, -0.05) is 6.92 Å². The fraction of sp³-hybridized carbons (Fsp3) is 0.529. The number of amides is 2. The Bertz CT molecular complexity index is 618. The van der Waals surface area contributed by atoms with Crippen LogP contribution in [0.1, 0.15) is 32.6 Å². The highest BCUT2D eigenvalue weighted by Crippen LogP contribution is 2.18. The average Bonchev–Trinajstić information content (AvgIpc) is 2.64. The van der Waals surface area contributed by atoms with Crippen LogP contribution in [0.3, 0.4) is 0 Å². The Morgan fingerprint density at radius 2 is 1.96 bits per heavy atom. The quantitative estimate of drug-likeness (QED) is 0.445. The molecule has 2 amide bonds. The van der Waals surface area contributed by atoms with Gasteiger partial charge in [0.15, 0.2) is 0 Å². The molecule has 0 aromatic heterocycles. The van der Waals surface area contributed by atoms with E-state index in [1.165, 1.54) is 12.1 Å². The van der Waals surface area contributed by atoms with Gasteiger partial charge in [0, 0.05) is 43.9 Å². The van der Waals surface area contributed by atoms with Gasteiger partial charge < -0.3 is 15.5 Å². The highest BCUT2D eigenvalue weighted by Gasteiger charge is 2.30. The molecule has 1 aromatic rings. The molecule has 8 nitrogen and oxygen atoms in total. The Morgan fingerprint density at radius 1 is 1.24 bits per heavy atom. The van der Waals surface area contributed by atoms with Crippen LogP contribution in [-0.2, 0) is 9.59 Å². The monoisotopic (exact) mass is 348 g/mol. The van der Waals surface area contributed by atoms with Gasteiger partial charge >= 0.3 is 0 Å². The Labute approximate surface area is 146 Å². The minimum absolute atomic E-state index is 0.0175. The molecule has 1 aliphatic rings. The fourth-order valence-electron chi connectivity index (χ4n) is 2.92. The van der Waals surface area contributed by atoms with Crippen LogP contribution < -0.4 is 10.6 Å². The Kier molecular flexibility index (Phi) is 6.73. The van der Waals surface area contributed by atoms with Crippen LogP contribution in [0.15, 0.2) is 24.3 Å². The summed E-state index contributed by atoms with van der Waals surface area (Å²) in [5.41, 5.74) is 0.789. The van der Waals surface area contributed by atoms with E-state index in [1.807, 2.05) is 0 Å². The molecule has 1 saturated heterocycles. The maximum atomic E-state index is 12.4. The number of anilines is 1. The number of piperidine rings is 1. The minimum atomic E-state index is -0.447. The Morgan fingerprint density at radius 3 is 2.60 bits per heavy atom. The van der Waals surface area contributed by atoms with E-state index in [0.29, 0.717) is 32.5 Å². The zero-order valence-corrected chi connectivity index (χ0v) is 14.4. The molecule has 136 valence electrons. The van der Waals surface area contributed by atoms with Gasteiger partial charge in [-0.3, -0.25) is 19.7 Å². The topological polar surface area (TPSA) is 105 Å². The number of rotatable bonds is 7. The van der Waals surface area contributed by atoms with Crippen LogP contribution in [-0.4, -0.2) is 47.3 Å². The third kappa shape index (κ3) is 5.17. The van der Waals surface area contributed by atoms with Gasteiger partial charge in [-0.25, -0.2) is 0 Å². The van der Waals surface area contributed by atoms with Crippen molar-refractivity contribution >= 4 is 23.2 Å². The lowest BCUT2D eigenvalue weighted by Crippen LogP contribution is -2.52. The molecule has 8 heteroatoms. The molecule has 0 unspecified atom stereocenters. The van der Waals surface area contributed by atoms with E-state index in [4.69, 9.17) is 0 Å². The predicted octanol–water partition coefficient (Wildman–Crippen LogP) is 1.91. The lowest BCUT2D eigenvalue weighted by molar-refractivity contribution is -0.384. The van der Waals surface area contributed by atoms with E-state index in [2.05, 4.69) is 10.6 Å². The first kappa shape index (κ1) is 18.7. The van der Waals surface area contributed by atoms with Crippen LogP contribution in [0.5, 0.6) is 0 Å². The SMILES string of the molecule is CCC(=O)N1CCCC[C@@H]1C(=O)NCCNc1ccc([N+](=O)[O-])cc1. The number of non-ortho nitro benzene ring substituents is 1. The summed E-state index contributed by atoms with van der Waals surface area (Å²) in [6.45, 7) is 3.37. The molecule has 2 N–H and O–H groups in total. The molecular weight excluding hydrogens is 324 g/mol. The molecule has 0 aliphatic carbocycles. The van der Waals surface area contributed by atoms with E-state index >= 15 is 0 Å². The standard InChI is InChI=1S/C17H24N4O4/c1-2-16(22)20-12-4-3-5-15(20)17(23)19-11-10-18-13-6-8-14(9-7-13)21(24)25/h6-9,15,18H,2-5,10-12H2,1H3,(H,19,23)/t15-/m1/s1. The highest BCUT2D eigenvalue weighted by atomic mass is 16.6. The van der Waals surface area contributed by atoms with Crippen LogP contribution in [0.25, 0.3) is 0 Å². The van der Waals surface area contributed by atoms with E-state index in [-0.39, 0.29) is 23.5 Å². The number of carbonyl (C=O) groups is 2. The van der Waals surface area contributed by atoms with Crippen LogP contribution >= 0.6 is 0 Å². The van der Waals surface area contributed by atoms with Gasteiger partial charge in [0.2, 0.25) is 11.8 Å². The van der Waals surface area contributed by atoms with Gasteiger partial charge in [-0.05, 0) is 31.4 Å². The van der Waals surface area contributed by atoms with Crippen molar-refractivity contribution in [3.05, 3.63) is 34.4 Å². The summed E-state index contributed by atoms with van der Waals surface area (Å²) < 4.78 is 0. The summed E-state index contributed by atoms with van der Waals surface area (Å²) >= 11 is 0. The summed E-state index contributed by atoms with van der Waals surface area (Å²) in [6, 6.07) is 5.74. The first-order valence-electron chi connectivity index (χ1n) is 8.58. The largest absolute Gasteiger partial charge is 0.383 e. The van der Waals surface area contributed by atoms with Gasteiger partial charge in [0.05, 0.1) is 4.92 Å². The second kappa shape index (κ2) is 9.00. The predicted molar refractivity (Wildman–Crippen MR) is 94.2 cm³/mol. The number of benzene rings is 1. The first-order valence-corrected chi connectivity index (χ1v) is 8.58. The number of hydrogen-bond donors (Lipinski definition) is 2. The molecule has 0 bridgehead atoms. The van der Waals surface area contributed by atoms with Gasteiger partial charge in [0.25, 0.3) is 5.69 Å². The van der Waals surface area contributed by atoms with E-state index in [9.17, 15) is 19.7 Å². The number of likely N-dealkylation sites (tertiary alicyclic amines) is 1. The van der Waals surface area contributed by atoms with E-state index in [0.717, 1.165) is 18.5 Å². The maximum Gasteiger partial charge on any atom is 0.269 e. The van der Waals surface area contributed by atoms with Crippen molar-refractivity contribution in [2.24, 2.45) is 0 Å². The van der Waals surface area contributed by atoms with E-state index < -0.39 is 4.92 Å². The number of nitrogens with one attached hydrogen (secondary N) is 2. The zero-order chi connectivity index (χ0) is 18.2. The lowest BCUT2D eigenvalue weighted by Gasteiger charge is -2.34. The summed E-state index contributed by atoms with van der Waals surface area (Å²) in [6.07, 6.45) is 3.00. The van der Waals surface area contributed by atoms with Gasteiger partial charge in [0.1, 0.15) is 6.04 Å². The van der Waals surface area contributed by atoms with Gasteiger partial charge in [-0.2, -0.15) is 0 Å². The normalized spacial score (nSPS) is 17.0. The number of carbonyl (C=O) groups excluding carboxylic acids is 2. The molecule has 1 fully saturated rings. The lowest BCUT2D eigenvalue weighted by atomic mass is 10.0. The third-order valence-corrected chi connectivity index (χ3v) is 4.26. The van der Waals surface area contributed by atoms with Crippen molar-refractivity contribution in [3.8, 4) is 0 Å². The van der Waals surface area contributed by atoms with Crippen LogP contribution in [0.2, 0.25) is 0 Å². The second-order valence-electron chi connectivity index (χ2n) is 5.97. The molecule has 0 spiro atoms. The molecule has 0 saturated carbocycles. The number of nitro groups is 1. The molecular formula is C17H24N4O4. The van der Waals surface area contributed by atoms with Crippen molar-refractivity contribution in [2.75, 3.05) is 25.0 Å². The van der Waals surface area contributed by atoms with Crippen molar-refractivity contribution in [1.82, 2.24) is 10.2 Å². The number of nitrogens with zero attached hydrogens (tertiary/aromatic N) is 2. The molecule has 1 atom stereocenters. The zero-order valence-electron chi connectivity index (χ0n) is 14.4. The van der Waals surface area contributed by atoms with Crippen molar-refractivity contribution < 1.29 is 14.5 Å². The van der Waals surface area contributed by atoms with Crippen molar-refractivity contribution in [3.63, 3.8) is 0 Å². The molecule has 1 aliphatic heterocycles. The summed E-state index contributed by atoms with van der Waals surface area (Å²) in [7, 11) is 0. The molecule has 25 heavy (non-hydrogen) atoms. The third-order valence-electron chi connectivity index (χ3n) is 4.26. The summed E-state index contributed by atoms with van der Waals surface area (Å²) in [4.78, 5) is 36.1. The van der Waals surface area contributed by atoms with Crippen LogP contribution in [0.4, 0.5) is 11.4 Å². The number of nitro benzene ring substituents is 1. The van der Waals surface area contributed by atoms with E-state index in [1.54, 1.807) is 24.0 Å². The Balaban J connectivity index is 1.77. The van der Waals surface area contributed by atoms with Gasteiger partial charge in [-0.15, -0.1) is 0 Å². The fourth-order valence-corrected chi connectivity index (χ4v) is 2.92. The molecule has 0 radical (unpaired) electrons.